The van der Waals surface area contributed by atoms with E-state index in [0.717, 1.165) is 21.3 Å². The van der Waals surface area contributed by atoms with Crippen molar-refractivity contribution in [1.82, 2.24) is 15.0 Å². The van der Waals surface area contributed by atoms with Crippen molar-refractivity contribution < 1.29 is 19.1 Å². The minimum Gasteiger partial charge on any atom is -0.423 e. The van der Waals surface area contributed by atoms with Crippen molar-refractivity contribution in [2.75, 3.05) is 4.90 Å². The molecule has 3 heterocycles. The van der Waals surface area contributed by atoms with Gasteiger partial charge in [-0.15, -0.1) is 0 Å². The zero-order valence-electron chi connectivity index (χ0n) is 17.0. The van der Waals surface area contributed by atoms with Gasteiger partial charge in [0.25, 0.3) is 11.8 Å². The van der Waals surface area contributed by atoms with Crippen LogP contribution < -0.4 is 9.64 Å². The van der Waals surface area contributed by atoms with Crippen molar-refractivity contribution in [3.8, 4) is 5.75 Å². The van der Waals surface area contributed by atoms with Crippen LogP contribution in [0.5, 0.6) is 5.75 Å². The number of hydrogen-bond acceptors (Lipinski definition) is 6. The standard InChI is InChI=1S/C25H14N4O4/c30-21-11-12-22(31)29(21)15-7-5-14(6-8-15)25(32)33-16-9-10-19-20(13-16)26-23-17-3-1-2-4-18(17)27-24(23)28-19/h1-13H,(H,27,28). The van der Waals surface area contributed by atoms with E-state index in [9.17, 15) is 14.4 Å². The Morgan fingerprint density at radius 2 is 1.61 bits per heavy atom. The molecular formula is C25H14N4O4. The number of rotatable bonds is 3. The molecule has 2 amide bonds. The molecule has 3 aromatic carbocycles. The van der Waals surface area contributed by atoms with Crippen LogP contribution in [0.15, 0.2) is 78.9 Å². The topological polar surface area (TPSA) is 105 Å². The quantitative estimate of drug-likeness (QED) is 0.262. The number of aromatic amines is 1. The van der Waals surface area contributed by atoms with Gasteiger partial charge in [-0.05, 0) is 42.5 Å². The van der Waals surface area contributed by atoms with Crippen molar-refractivity contribution in [2.45, 2.75) is 0 Å². The van der Waals surface area contributed by atoms with E-state index in [1.807, 2.05) is 24.3 Å². The van der Waals surface area contributed by atoms with Crippen LogP contribution in [0.1, 0.15) is 10.4 Å². The molecule has 1 N–H and O–H groups in total. The summed E-state index contributed by atoms with van der Waals surface area (Å²) in [7, 11) is 0. The molecule has 158 valence electrons. The van der Waals surface area contributed by atoms with Crippen LogP contribution in [0.25, 0.3) is 33.1 Å². The molecule has 33 heavy (non-hydrogen) atoms. The van der Waals surface area contributed by atoms with Crippen LogP contribution in [0, 0.1) is 0 Å². The Labute approximate surface area is 186 Å². The maximum Gasteiger partial charge on any atom is 0.343 e. The zero-order valence-corrected chi connectivity index (χ0v) is 17.0. The number of anilines is 1. The lowest BCUT2D eigenvalue weighted by molar-refractivity contribution is -0.119. The van der Waals surface area contributed by atoms with E-state index >= 15 is 0 Å². The van der Waals surface area contributed by atoms with Gasteiger partial charge in [-0.2, -0.15) is 0 Å². The smallest absolute Gasteiger partial charge is 0.343 e. The van der Waals surface area contributed by atoms with Crippen LogP contribution >= 0.6 is 0 Å². The number of carbonyl (C=O) groups is 3. The van der Waals surface area contributed by atoms with Crippen molar-refractivity contribution in [2.24, 2.45) is 0 Å². The summed E-state index contributed by atoms with van der Waals surface area (Å²) in [6.45, 7) is 0. The molecule has 0 bridgehead atoms. The van der Waals surface area contributed by atoms with E-state index in [1.54, 1.807) is 18.2 Å². The number of para-hydroxylation sites is 1. The minimum atomic E-state index is -0.570. The van der Waals surface area contributed by atoms with Gasteiger partial charge < -0.3 is 9.72 Å². The van der Waals surface area contributed by atoms with Crippen molar-refractivity contribution >= 4 is 56.6 Å². The fourth-order valence-electron chi connectivity index (χ4n) is 3.87. The Morgan fingerprint density at radius 3 is 2.39 bits per heavy atom. The summed E-state index contributed by atoms with van der Waals surface area (Å²) in [5.41, 5.74) is 4.33. The second kappa shape index (κ2) is 7.10. The third-order valence-electron chi connectivity index (χ3n) is 5.45. The van der Waals surface area contributed by atoms with E-state index in [0.29, 0.717) is 28.1 Å². The lowest BCUT2D eigenvalue weighted by Crippen LogP contribution is -2.29. The van der Waals surface area contributed by atoms with E-state index < -0.39 is 17.8 Å². The maximum absolute atomic E-state index is 12.6. The third kappa shape index (κ3) is 3.12. The van der Waals surface area contributed by atoms with Crippen LogP contribution in [0.3, 0.4) is 0 Å². The fourth-order valence-corrected chi connectivity index (χ4v) is 3.87. The van der Waals surface area contributed by atoms with Crippen molar-refractivity contribution in [3.05, 3.63) is 84.4 Å². The maximum atomic E-state index is 12.6. The number of aromatic nitrogens is 3. The lowest BCUT2D eigenvalue weighted by atomic mass is 10.2. The largest absolute Gasteiger partial charge is 0.423 e. The molecule has 8 nitrogen and oxygen atoms in total. The van der Waals surface area contributed by atoms with Gasteiger partial charge in [0.15, 0.2) is 5.65 Å². The molecule has 0 radical (unpaired) electrons. The number of H-pyrrole nitrogens is 1. The Morgan fingerprint density at radius 1 is 0.848 bits per heavy atom. The number of carbonyl (C=O) groups excluding carboxylic acids is 3. The predicted molar refractivity (Wildman–Crippen MR) is 122 cm³/mol. The zero-order chi connectivity index (χ0) is 22.5. The lowest BCUT2D eigenvalue weighted by Gasteiger charge is -2.14. The first-order valence-corrected chi connectivity index (χ1v) is 10.1. The minimum absolute atomic E-state index is 0.282. The van der Waals surface area contributed by atoms with Gasteiger partial charge >= 0.3 is 5.97 Å². The Hall–Kier alpha value is -4.85. The summed E-state index contributed by atoms with van der Waals surface area (Å²) in [4.78, 5) is 49.9. The van der Waals surface area contributed by atoms with Crippen molar-refractivity contribution in [3.63, 3.8) is 0 Å². The van der Waals surface area contributed by atoms with E-state index in [-0.39, 0.29) is 5.56 Å². The molecule has 0 saturated heterocycles. The molecule has 1 aliphatic rings. The first-order chi connectivity index (χ1) is 16.1. The number of esters is 1. The molecule has 0 spiro atoms. The molecule has 6 rings (SSSR count). The fraction of sp³-hybridized carbons (Fsp3) is 0. The van der Waals surface area contributed by atoms with Gasteiger partial charge in [0.05, 0.1) is 22.3 Å². The second-order valence-electron chi connectivity index (χ2n) is 7.52. The molecule has 0 unspecified atom stereocenters. The molecule has 2 aromatic heterocycles. The van der Waals surface area contributed by atoms with Crippen LogP contribution in [0.2, 0.25) is 0 Å². The monoisotopic (exact) mass is 434 g/mol. The van der Waals surface area contributed by atoms with Crippen LogP contribution in [0.4, 0.5) is 5.69 Å². The van der Waals surface area contributed by atoms with Gasteiger partial charge in [0, 0.05) is 29.1 Å². The van der Waals surface area contributed by atoms with Crippen molar-refractivity contribution in [1.29, 1.82) is 0 Å². The van der Waals surface area contributed by atoms with E-state index in [2.05, 4.69) is 9.97 Å². The van der Waals surface area contributed by atoms with Gasteiger partial charge in [0.2, 0.25) is 0 Å². The number of benzene rings is 3. The highest BCUT2D eigenvalue weighted by molar-refractivity contribution is 6.28. The molecule has 5 aromatic rings. The summed E-state index contributed by atoms with van der Waals surface area (Å²) in [5, 5.41) is 0.967. The first kappa shape index (κ1) is 18.9. The van der Waals surface area contributed by atoms with E-state index in [4.69, 9.17) is 9.72 Å². The molecular weight excluding hydrogens is 420 g/mol. The first-order valence-electron chi connectivity index (χ1n) is 10.1. The summed E-state index contributed by atoms with van der Waals surface area (Å²) in [5.74, 6) is -1.08. The van der Waals surface area contributed by atoms with Gasteiger partial charge in [0.1, 0.15) is 11.3 Å². The number of amides is 2. The highest BCUT2D eigenvalue weighted by Gasteiger charge is 2.25. The summed E-state index contributed by atoms with van der Waals surface area (Å²) in [6, 6.07) is 19.0. The molecule has 1 aliphatic heterocycles. The number of nitrogens with one attached hydrogen (secondary N) is 1. The second-order valence-corrected chi connectivity index (χ2v) is 7.52. The Balaban J connectivity index is 1.28. The number of imide groups is 1. The van der Waals surface area contributed by atoms with Gasteiger partial charge in [-0.25, -0.2) is 19.7 Å². The van der Waals surface area contributed by atoms with Crippen LogP contribution in [-0.4, -0.2) is 32.7 Å². The molecule has 0 fully saturated rings. The predicted octanol–water partition coefficient (Wildman–Crippen LogP) is 3.91. The normalized spacial score (nSPS) is 13.5. The SMILES string of the molecule is O=C(Oc1ccc2nc3[nH]c4ccccc4c3nc2c1)c1ccc(N2C(=O)C=CC2=O)cc1. The van der Waals surface area contributed by atoms with Gasteiger partial charge in [-0.3, -0.25) is 9.59 Å². The number of fused-ring (bicyclic) bond motifs is 4. The highest BCUT2D eigenvalue weighted by Crippen LogP contribution is 2.27. The number of nitrogens with zero attached hydrogens (tertiary/aromatic N) is 3. The highest BCUT2D eigenvalue weighted by atomic mass is 16.5. The summed E-state index contributed by atoms with van der Waals surface area (Å²) in [6.07, 6.45) is 2.41. The molecule has 8 heteroatoms. The molecule has 0 aliphatic carbocycles. The van der Waals surface area contributed by atoms with Gasteiger partial charge in [-0.1, -0.05) is 18.2 Å². The average Bonchev–Trinajstić information content (AvgIpc) is 3.36. The Bertz CT molecular complexity index is 1630. The molecule has 0 saturated carbocycles. The average molecular weight is 434 g/mol. The number of ether oxygens (including phenoxy) is 1. The summed E-state index contributed by atoms with van der Waals surface area (Å²) >= 11 is 0. The Kier molecular flexibility index (Phi) is 4.06. The van der Waals surface area contributed by atoms with E-state index in [1.165, 1.54) is 36.4 Å². The molecule has 0 atom stereocenters. The summed E-state index contributed by atoms with van der Waals surface area (Å²) < 4.78 is 5.52. The number of hydrogen-bond donors (Lipinski definition) is 1. The third-order valence-corrected chi connectivity index (χ3v) is 5.45. The van der Waals surface area contributed by atoms with Crippen LogP contribution in [-0.2, 0) is 9.59 Å².